The SMILES string of the molecule is C=CCC(CC)C(C)NC(=O)NCc1nn(-c2ccc(Cl)cc2Cl)c(-c2ccc(Cl)cc2)c1C. The fourth-order valence-electron chi connectivity index (χ4n) is 3.96. The predicted octanol–water partition coefficient (Wildman–Crippen LogP) is 7.60. The second-order valence-electron chi connectivity index (χ2n) is 8.24. The molecular weight excluding hydrogens is 491 g/mol. The van der Waals surface area contributed by atoms with Crippen LogP contribution < -0.4 is 10.6 Å². The minimum Gasteiger partial charge on any atom is -0.335 e. The molecule has 0 saturated heterocycles. The van der Waals surface area contributed by atoms with Gasteiger partial charge in [0.05, 0.1) is 28.6 Å². The number of nitrogens with one attached hydrogen (secondary N) is 2. The van der Waals surface area contributed by atoms with Gasteiger partial charge in [-0.05, 0) is 56.5 Å². The highest BCUT2D eigenvalue weighted by Crippen LogP contribution is 2.33. The molecule has 3 aromatic rings. The van der Waals surface area contributed by atoms with Crippen molar-refractivity contribution in [2.24, 2.45) is 5.92 Å². The highest BCUT2D eigenvalue weighted by atomic mass is 35.5. The van der Waals surface area contributed by atoms with Crippen LogP contribution in [0, 0.1) is 12.8 Å². The van der Waals surface area contributed by atoms with E-state index in [4.69, 9.17) is 39.9 Å². The van der Waals surface area contributed by atoms with Crippen molar-refractivity contribution in [3.8, 4) is 16.9 Å². The molecule has 3 rings (SSSR count). The van der Waals surface area contributed by atoms with Gasteiger partial charge in [0.1, 0.15) is 0 Å². The average molecular weight is 520 g/mol. The molecule has 1 heterocycles. The molecule has 5 nitrogen and oxygen atoms in total. The quantitative estimate of drug-likeness (QED) is 0.286. The van der Waals surface area contributed by atoms with Crippen LogP contribution in [0.25, 0.3) is 16.9 Å². The summed E-state index contributed by atoms with van der Waals surface area (Å²) < 4.78 is 1.78. The van der Waals surface area contributed by atoms with Crippen LogP contribution in [0.15, 0.2) is 55.1 Å². The average Bonchev–Trinajstić information content (AvgIpc) is 3.12. The smallest absolute Gasteiger partial charge is 0.315 e. The van der Waals surface area contributed by atoms with E-state index in [1.165, 1.54) is 0 Å². The largest absolute Gasteiger partial charge is 0.335 e. The Morgan fingerprint density at radius 3 is 2.44 bits per heavy atom. The molecule has 34 heavy (non-hydrogen) atoms. The third-order valence-electron chi connectivity index (χ3n) is 5.95. The van der Waals surface area contributed by atoms with Crippen LogP contribution >= 0.6 is 34.8 Å². The van der Waals surface area contributed by atoms with Crippen LogP contribution in [0.5, 0.6) is 0 Å². The highest BCUT2D eigenvalue weighted by molar-refractivity contribution is 6.35. The number of hydrogen-bond donors (Lipinski definition) is 2. The molecule has 0 aliphatic heterocycles. The number of halogens is 3. The molecule has 0 radical (unpaired) electrons. The third kappa shape index (κ3) is 6.15. The Hall–Kier alpha value is -2.47. The van der Waals surface area contributed by atoms with E-state index in [9.17, 15) is 4.79 Å². The van der Waals surface area contributed by atoms with Gasteiger partial charge in [-0.15, -0.1) is 6.58 Å². The van der Waals surface area contributed by atoms with Crippen LogP contribution in [-0.4, -0.2) is 21.9 Å². The van der Waals surface area contributed by atoms with E-state index in [-0.39, 0.29) is 18.6 Å². The van der Waals surface area contributed by atoms with Crippen molar-refractivity contribution in [2.75, 3.05) is 0 Å². The predicted molar refractivity (Wildman–Crippen MR) is 142 cm³/mol. The number of allylic oxidation sites excluding steroid dienone is 1. The molecule has 180 valence electrons. The van der Waals surface area contributed by atoms with E-state index >= 15 is 0 Å². The monoisotopic (exact) mass is 518 g/mol. The third-order valence-corrected chi connectivity index (χ3v) is 6.74. The maximum Gasteiger partial charge on any atom is 0.315 e. The normalized spacial score (nSPS) is 12.8. The van der Waals surface area contributed by atoms with Crippen LogP contribution in [0.3, 0.4) is 0 Å². The summed E-state index contributed by atoms with van der Waals surface area (Å²) in [5.74, 6) is 0.341. The molecule has 8 heteroatoms. The summed E-state index contributed by atoms with van der Waals surface area (Å²) >= 11 is 18.7. The van der Waals surface area contributed by atoms with Gasteiger partial charge in [-0.1, -0.05) is 66.4 Å². The molecule has 0 aliphatic carbocycles. The number of aromatic nitrogens is 2. The standard InChI is InChI=1S/C26H29Cl3N4O/c1-5-7-18(6-2)17(4)31-26(34)30-15-23-16(3)25(19-8-10-20(27)11-9-19)33(32-23)24-13-12-21(28)14-22(24)29/h5,8-14,17-18H,1,6-7,15H2,2-4H3,(H2,30,31,34). The van der Waals surface area contributed by atoms with Crippen molar-refractivity contribution in [3.05, 3.63) is 81.4 Å². The van der Waals surface area contributed by atoms with Gasteiger partial charge in [-0.2, -0.15) is 5.10 Å². The van der Waals surface area contributed by atoms with Gasteiger partial charge in [0, 0.05) is 27.2 Å². The Labute approximate surface area is 216 Å². The van der Waals surface area contributed by atoms with Crippen molar-refractivity contribution in [1.82, 2.24) is 20.4 Å². The number of amides is 2. The molecule has 1 aromatic heterocycles. The van der Waals surface area contributed by atoms with E-state index in [2.05, 4.69) is 24.1 Å². The van der Waals surface area contributed by atoms with Gasteiger partial charge in [0.2, 0.25) is 0 Å². The van der Waals surface area contributed by atoms with Gasteiger partial charge in [-0.25, -0.2) is 9.48 Å². The first-order chi connectivity index (χ1) is 16.2. The highest BCUT2D eigenvalue weighted by Gasteiger charge is 2.21. The second-order valence-corrected chi connectivity index (χ2v) is 9.52. The van der Waals surface area contributed by atoms with Gasteiger partial charge >= 0.3 is 6.03 Å². The molecule has 0 aliphatic rings. The zero-order valence-electron chi connectivity index (χ0n) is 19.5. The molecular formula is C26H29Cl3N4O. The number of benzene rings is 2. The van der Waals surface area contributed by atoms with Gasteiger partial charge < -0.3 is 10.6 Å². The summed E-state index contributed by atoms with van der Waals surface area (Å²) in [5, 5.41) is 12.4. The number of nitrogens with zero attached hydrogens (tertiary/aromatic N) is 2. The Morgan fingerprint density at radius 2 is 1.82 bits per heavy atom. The number of carbonyl (C=O) groups excluding carboxylic acids is 1. The van der Waals surface area contributed by atoms with Crippen molar-refractivity contribution in [1.29, 1.82) is 0 Å². The topological polar surface area (TPSA) is 59.0 Å². The van der Waals surface area contributed by atoms with E-state index < -0.39 is 0 Å². The first kappa shape index (κ1) is 26.1. The van der Waals surface area contributed by atoms with E-state index in [1.807, 2.05) is 50.3 Å². The van der Waals surface area contributed by atoms with Gasteiger partial charge in [0.15, 0.2) is 0 Å². The van der Waals surface area contributed by atoms with Gasteiger partial charge in [0.25, 0.3) is 0 Å². The van der Waals surface area contributed by atoms with Crippen molar-refractivity contribution in [2.45, 2.75) is 46.2 Å². The Morgan fingerprint density at radius 1 is 1.15 bits per heavy atom. The maximum atomic E-state index is 12.6. The number of carbonyl (C=O) groups is 1. The Bertz CT molecular complexity index is 1160. The van der Waals surface area contributed by atoms with Crippen LogP contribution in [0.2, 0.25) is 15.1 Å². The number of hydrogen-bond acceptors (Lipinski definition) is 2. The molecule has 2 unspecified atom stereocenters. The van der Waals surface area contributed by atoms with E-state index in [1.54, 1.807) is 16.8 Å². The first-order valence-electron chi connectivity index (χ1n) is 11.2. The summed E-state index contributed by atoms with van der Waals surface area (Å²) in [5.41, 5.74) is 4.15. The zero-order chi connectivity index (χ0) is 24.8. The lowest BCUT2D eigenvalue weighted by atomic mass is 9.95. The molecule has 2 N–H and O–H groups in total. The van der Waals surface area contributed by atoms with Crippen molar-refractivity contribution in [3.63, 3.8) is 0 Å². The van der Waals surface area contributed by atoms with E-state index in [0.717, 1.165) is 35.4 Å². The summed E-state index contributed by atoms with van der Waals surface area (Å²) in [6.45, 7) is 10.2. The molecule has 0 spiro atoms. The number of rotatable bonds is 9. The van der Waals surface area contributed by atoms with E-state index in [0.29, 0.717) is 26.7 Å². The molecule has 2 amide bonds. The minimum absolute atomic E-state index is 0.0270. The first-order valence-corrected chi connectivity index (χ1v) is 12.3. The lowest BCUT2D eigenvalue weighted by molar-refractivity contribution is 0.231. The Balaban J connectivity index is 1.89. The zero-order valence-corrected chi connectivity index (χ0v) is 21.8. The second kappa shape index (κ2) is 11.8. The van der Waals surface area contributed by atoms with Gasteiger partial charge in [-0.3, -0.25) is 0 Å². The summed E-state index contributed by atoms with van der Waals surface area (Å²) in [7, 11) is 0. The molecule has 2 aromatic carbocycles. The molecule has 0 fully saturated rings. The maximum absolute atomic E-state index is 12.6. The van der Waals surface area contributed by atoms with Crippen LogP contribution in [0.1, 0.15) is 37.9 Å². The lowest BCUT2D eigenvalue weighted by Gasteiger charge is -2.22. The fourth-order valence-corrected chi connectivity index (χ4v) is 4.58. The van der Waals surface area contributed by atoms with Crippen LogP contribution in [-0.2, 0) is 6.54 Å². The minimum atomic E-state index is -0.235. The van der Waals surface area contributed by atoms with Crippen molar-refractivity contribution < 1.29 is 4.79 Å². The van der Waals surface area contributed by atoms with Crippen LogP contribution in [0.4, 0.5) is 4.79 Å². The summed E-state index contributed by atoms with van der Waals surface area (Å²) in [6, 6.07) is 12.6. The summed E-state index contributed by atoms with van der Waals surface area (Å²) in [4.78, 5) is 12.6. The number of urea groups is 1. The molecule has 0 bridgehead atoms. The fraction of sp³-hybridized carbons (Fsp3) is 0.308. The lowest BCUT2D eigenvalue weighted by Crippen LogP contribution is -2.43. The Kier molecular flexibility index (Phi) is 9.06. The molecule has 0 saturated carbocycles. The van der Waals surface area contributed by atoms with Crippen molar-refractivity contribution >= 4 is 40.8 Å². The molecule has 2 atom stereocenters. The summed E-state index contributed by atoms with van der Waals surface area (Å²) in [6.07, 6.45) is 3.71.